The maximum atomic E-state index is 12.1. The molecule has 1 heterocycles. The van der Waals surface area contributed by atoms with Crippen LogP contribution in [0.4, 0.5) is 0 Å². The molecule has 0 aliphatic heterocycles. The molecule has 102 valence electrons. The van der Waals surface area contributed by atoms with Crippen molar-refractivity contribution < 1.29 is 14.7 Å². The molecule has 0 atom stereocenters. The molecule has 2 rings (SSSR count). The second-order valence-corrected chi connectivity index (χ2v) is 4.91. The van der Waals surface area contributed by atoms with Crippen molar-refractivity contribution in [2.75, 3.05) is 0 Å². The highest BCUT2D eigenvalue weighted by atomic mass is 16.4. The van der Waals surface area contributed by atoms with Gasteiger partial charge in [-0.1, -0.05) is 12.8 Å². The van der Waals surface area contributed by atoms with E-state index in [0.29, 0.717) is 12.8 Å². The topological polar surface area (TPSA) is 88.4 Å². The lowest BCUT2D eigenvalue weighted by Crippen LogP contribution is -2.52. The quantitative estimate of drug-likeness (QED) is 0.832. The number of hydrogen-bond donors (Lipinski definition) is 2. The summed E-state index contributed by atoms with van der Waals surface area (Å²) in [6.07, 6.45) is 3.91. The van der Waals surface area contributed by atoms with Crippen molar-refractivity contribution in [1.29, 1.82) is 0 Å². The van der Waals surface area contributed by atoms with Gasteiger partial charge in [0.1, 0.15) is 5.54 Å². The van der Waals surface area contributed by atoms with Gasteiger partial charge in [0, 0.05) is 24.9 Å². The van der Waals surface area contributed by atoms with Crippen LogP contribution in [0.5, 0.6) is 0 Å². The molecule has 6 heteroatoms. The van der Waals surface area contributed by atoms with E-state index in [1.807, 2.05) is 0 Å². The highest BCUT2D eigenvalue weighted by Crippen LogP contribution is 2.30. The highest BCUT2D eigenvalue weighted by Gasteiger charge is 2.42. The number of nitrogens with zero attached hydrogens (tertiary/aromatic N) is 1. The predicted molar refractivity (Wildman–Crippen MR) is 68.0 cm³/mol. The predicted octanol–water partition coefficient (Wildman–Crippen LogP) is 0.512. The van der Waals surface area contributed by atoms with Gasteiger partial charge in [-0.05, 0) is 18.9 Å². The summed E-state index contributed by atoms with van der Waals surface area (Å²) in [4.78, 5) is 34.8. The second-order valence-electron chi connectivity index (χ2n) is 4.91. The number of rotatable bonds is 3. The van der Waals surface area contributed by atoms with Crippen LogP contribution >= 0.6 is 0 Å². The van der Waals surface area contributed by atoms with E-state index in [1.165, 1.54) is 22.9 Å². The third kappa shape index (κ3) is 2.52. The van der Waals surface area contributed by atoms with Crippen molar-refractivity contribution in [1.82, 2.24) is 9.88 Å². The third-order valence-electron chi connectivity index (χ3n) is 3.59. The van der Waals surface area contributed by atoms with E-state index in [4.69, 9.17) is 0 Å². The van der Waals surface area contributed by atoms with E-state index in [0.717, 1.165) is 12.8 Å². The Bertz CT molecular complexity index is 570. The van der Waals surface area contributed by atoms with Gasteiger partial charge < -0.3 is 15.0 Å². The lowest BCUT2D eigenvalue weighted by Gasteiger charge is -2.25. The highest BCUT2D eigenvalue weighted by molar-refractivity contribution is 5.97. The zero-order chi connectivity index (χ0) is 14.0. The smallest absolute Gasteiger partial charge is 0.329 e. The molecule has 1 aliphatic carbocycles. The van der Waals surface area contributed by atoms with Gasteiger partial charge in [0.15, 0.2) is 0 Å². The summed E-state index contributed by atoms with van der Waals surface area (Å²) in [5, 5.41) is 11.8. The normalized spacial score (nSPS) is 17.1. The molecule has 1 amide bonds. The second kappa shape index (κ2) is 4.87. The molecular formula is C13H16N2O4. The van der Waals surface area contributed by atoms with Crippen LogP contribution < -0.4 is 10.9 Å². The van der Waals surface area contributed by atoms with E-state index >= 15 is 0 Å². The molecule has 6 nitrogen and oxygen atoms in total. The van der Waals surface area contributed by atoms with Crippen LogP contribution in [0.15, 0.2) is 23.1 Å². The first-order valence-electron chi connectivity index (χ1n) is 6.17. The number of aliphatic carboxylic acids is 1. The SMILES string of the molecule is Cn1ccc(C(=O)NC2(C(=O)O)CCCC2)cc1=O. The van der Waals surface area contributed by atoms with E-state index in [2.05, 4.69) is 5.32 Å². The minimum absolute atomic E-state index is 0.190. The molecule has 0 spiro atoms. The first-order valence-corrected chi connectivity index (χ1v) is 6.17. The van der Waals surface area contributed by atoms with Gasteiger partial charge in [-0.3, -0.25) is 9.59 Å². The third-order valence-corrected chi connectivity index (χ3v) is 3.59. The van der Waals surface area contributed by atoms with Gasteiger partial charge in [-0.2, -0.15) is 0 Å². The number of hydrogen-bond acceptors (Lipinski definition) is 3. The Labute approximate surface area is 110 Å². The van der Waals surface area contributed by atoms with Crippen molar-refractivity contribution in [3.05, 3.63) is 34.2 Å². The van der Waals surface area contributed by atoms with Gasteiger partial charge in [0.05, 0.1) is 0 Å². The number of amides is 1. The number of pyridine rings is 1. The number of carbonyl (C=O) groups excluding carboxylic acids is 1. The molecular weight excluding hydrogens is 248 g/mol. The number of carboxylic acids is 1. The molecule has 2 N–H and O–H groups in total. The van der Waals surface area contributed by atoms with Crippen LogP contribution in [0.1, 0.15) is 36.0 Å². The maximum absolute atomic E-state index is 12.1. The lowest BCUT2D eigenvalue weighted by atomic mass is 9.97. The Morgan fingerprint density at radius 1 is 1.37 bits per heavy atom. The van der Waals surface area contributed by atoms with Gasteiger partial charge in [-0.25, -0.2) is 4.79 Å². The summed E-state index contributed by atoms with van der Waals surface area (Å²) < 4.78 is 1.35. The van der Waals surface area contributed by atoms with Crippen LogP contribution in [-0.4, -0.2) is 27.1 Å². The lowest BCUT2D eigenvalue weighted by molar-refractivity contribution is -0.144. The Hall–Kier alpha value is -2.11. The summed E-state index contributed by atoms with van der Waals surface area (Å²) in [6.45, 7) is 0. The van der Waals surface area contributed by atoms with Gasteiger partial charge in [-0.15, -0.1) is 0 Å². The maximum Gasteiger partial charge on any atom is 0.329 e. The van der Waals surface area contributed by atoms with Gasteiger partial charge in [0.2, 0.25) is 0 Å². The Balaban J connectivity index is 2.22. The molecule has 1 aliphatic rings. The Morgan fingerprint density at radius 2 is 2.00 bits per heavy atom. The molecule has 0 aromatic carbocycles. The van der Waals surface area contributed by atoms with Crippen molar-refractivity contribution in [3.63, 3.8) is 0 Å². The summed E-state index contributed by atoms with van der Waals surface area (Å²) in [6, 6.07) is 2.71. The minimum Gasteiger partial charge on any atom is -0.480 e. The summed E-state index contributed by atoms with van der Waals surface area (Å²) >= 11 is 0. The summed E-state index contributed by atoms with van der Waals surface area (Å²) in [5.74, 6) is -1.52. The number of nitrogens with one attached hydrogen (secondary N) is 1. The summed E-state index contributed by atoms with van der Waals surface area (Å²) in [7, 11) is 1.58. The van der Waals surface area contributed by atoms with Crippen LogP contribution in [0.2, 0.25) is 0 Å². The summed E-state index contributed by atoms with van der Waals surface area (Å²) in [5.41, 5.74) is -1.29. The minimum atomic E-state index is -1.18. The van der Waals surface area contributed by atoms with E-state index in [9.17, 15) is 19.5 Å². The fourth-order valence-electron chi connectivity index (χ4n) is 2.35. The van der Waals surface area contributed by atoms with Crippen molar-refractivity contribution in [2.45, 2.75) is 31.2 Å². The molecule has 0 saturated heterocycles. The average molecular weight is 264 g/mol. The molecule has 1 fully saturated rings. The van der Waals surface area contributed by atoms with Crippen molar-refractivity contribution >= 4 is 11.9 Å². The molecule has 1 aromatic heterocycles. The monoisotopic (exact) mass is 264 g/mol. The van der Waals surface area contributed by atoms with Crippen molar-refractivity contribution in [3.8, 4) is 0 Å². The van der Waals surface area contributed by atoms with E-state index in [-0.39, 0.29) is 11.1 Å². The Kier molecular flexibility index (Phi) is 3.42. The number of carboxylic acid groups (broad SMARTS) is 1. The van der Waals surface area contributed by atoms with Crippen LogP contribution in [0, 0.1) is 0 Å². The zero-order valence-corrected chi connectivity index (χ0v) is 10.7. The van der Waals surface area contributed by atoms with Gasteiger partial charge in [0.25, 0.3) is 11.5 Å². The fourth-order valence-corrected chi connectivity index (χ4v) is 2.35. The first-order chi connectivity index (χ1) is 8.94. The van der Waals surface area contributed by atoms with Crippen LogP contribution in [0.3, 0.4) is 0 Å². The zero-order valence-electron chi connectivity index (χ0n) is 10.7. The van der Waals surface area contributed by atoms with Crippen LogP contribution in [-0.2, 0) is 11.8 Å². The van der Waals surface area contributed by atoms with Crippen LogP contribution in [0.25, 0.3) is 0 Å². The van der Waals surface area contributed by atoms with Crippen molar-refractivity contribution in [2.24, 2.45) is 7.05 Å². The number of aryl methyl sites for hydroxylation is 1. The molecule has 1 saturated carbocycles. The van der Waals surface area contributed by atoms with E-state index < -0.39 is 17.4 Å². The number of aromatic nitrogens is 1. The molecule has 0 radical (unpaired) electrons. The molecule has 1 aromatic rings. The molecule has 0 bridgehead atoms. The Morgan fingerprint density at radius 3 is 2.53 bits per heavy atom. The molecule has 0 unspecified atom stereocenters. The standard InChI is InChI=1S/C13H16N2O4/c1-15-7-4-9(8-10(15)16)11(17)14-13(12(18)19)5-2-3-6-13/h4,7-8H,2-3,5-6H2,1H3,(H,14,17)(H,18,19). The largest absolute Gasteiger partial charge is 0.480 e. The van der Waals surface area contributed by atoms with E-state index in [1.54, 1.807) is 7.05 Å². The molecule has 19 heavy (non-hydrogen) atoms. The first kappa shape index (κ1) is 13.3. The fraction of sp³-hybridized carbons (Fsp3) is 0.462. The number of carbonyl (C=O) groups is 2. The average Bonchev–Trinajstić information content (AvgIpc) is 2.82. The van der Waals surface area contributed by atoms with Gasteiger partial charge >= 0.3 is 5.97 Å².